The third-order valence-corrected chi connectivity index (χ3v) is 6.81. The molecule has 0 bridgehead atoms. The predicted octanol–water partition coefficient (Wildman–Crippen LogP) is 5.59. The molecule has 2 aromatic heterocycles. The minimum absolute atomic E-state index is 0.0451. The Kier molecular flexibility index (Phi) is 8.36. The summed E-state index contributed by atoms with van der Waals surface area (Å²) >= 11 is 1.37. The first-order valence-electron chi connectivity index (χ1n) is 11.7. The number of carbonyl (C=O) groups excluding carboxylic acids is 2. The quantitative estimate of drug-likeness (QED) is 0.283. The minimum Gasteiger partial charge on any atom is -0.486 e. The minimum atomic E-state index is -0.401. The van der Waals surface area contributed by atoms with Gasteiger partial charge in [-0.1, -0.05) is 44.7 Å². The zero-order valence-electron chi connectivity index (χ0n) is 21.1. The van der Waals surface area contributed by atoms with E-state index in [4.69, 9.17) is 4.74 Å². The number of aromatic amines is 1. The van der Waals surface area contributed by atoms with Gasteiger partial charge in [-0.3, -0.25) is 9.59 Å². The van der Waals surface area contributed by atoms with Crippen LogP contribution in [0.2, 0.25) is 0 Å². The van der Waals surface area contributed by atoms with Crippen LogP contribution in [0.1, 0.15) is 78.1 Å². The summed E-state index contributed by atoms with van der Waals surface area (Å²) in [4.78, 5) is 28.3. The number of aromatic nitrogens is 4. The summed E-state index contributed by atoms with van der Waals surface area (Å²) in [5.74, 6) is 1.77. The summed E-state index contributed by atoms with van der Waals surface area (Å²) in [6, 6.07) is 8.05. The molecule has 1 aromatic carbocycles. The molecule has 0 aliphatic carbocycles. The van der Waals surface area contributed by atoms with Gasteiger partial charge in [0.25, 0.3) is 0 Å². The number of nitrogens with zero attached hydrogens (tertiary/aromatic N) is 3. The summed E-state index contributed by atoms with van der Waals surface area (Å²) < 4.78 is 8.00. The van der Waals surface area contributed by atoms with Crippen molar-refractivity contribution < 1.29 is 14.3 Å². The molecule has 0 amide bonds. The Balaban J connectivity index is 1.78. The van der Waals surface area contributed by atoms with E-state index in [9.17, 15) is 9.59 Å². The molecule has 3 rings (SSSR count). The van der Waals surface area contributed by atoms with Gasteiger partial charge in [0.15, 0.2) is 22.5 Å². The van der Waals surface area contributed by atoms with Gasteiger partial charge in [-0.15, -0.1) is 10.2 Å². The van der Waals surface area contributed by atoms with Crippen LogP contribution in [0.4, 0.5) is 0 Å². The smallest absolute Gasteiger partial charge is 0.192 e. The summed E-state index contributed by atoms with van der Waals surface area (Å²) in [5.41, 5.74) is 3.76. The van der Waals surface area contributed by atoms with E-state index in [0.717, 1.165) is 30.2 Å². The molecule has 8 heteroatoms. The number of aryl methyl sites for hydroxylation is 2. The van der Waals surface area contributed by atoms with E-state index >= 15 is 0 Å². The molecule has 0 saturated carbocycles. The maximum atomic E-state index is 13.2. The lowest BCUT2D eigenvalue weighted by Gasteiger charge is -2.15. The number of hydrogen-bond acceptors (Lipinski definition) is 6. The van der Waals surface area contributed by atoms with Crippen LogP contribution in [-0.4, -0.2) is 36.6 Å². The number of hydrogen-bond donors (Lipinski definition) is 1. The normalized spacial score (nSPS) is 12.2. The highest BCUT2D eigenvalue weighted by Gasteiger charge is 2.26. The Morgan fingerprint density at radius 1 is 1.12 bits per heavy atom. The van der Waals surface area contributed by atoms with Crippen molar-refractivity contribution >= 4 is 23.3 Å². The summed E-state index contributed by atoms with van der Waals surface area (Å²) in [5, 5.41) is 9.02. The second kappa shape index (κ2) is 11.0. The van der Waals surface area contributed by atoms with Gasteiger partial charge in [0.05, 0.1) is 10.9 Å². The molecular weight excluding hydrogens is 448 g/mol. The number of carbonyl (C=O) groups is 2. The van der Waals surface area contributed by atoms with E-state index in [2.05, 4.69) is 48.1 Å². The van der Waals surface area contributed by atoms with Crippen LogP contribution in [0.3, 0.4) is 0 Å². The van der Waals surface area contributed by atoms with Crippen molar-refractivity contribution in [2.45, 2.75) is 78.4 Å². The van der Waals surface area contributed by atoms with Crippen LogP contribution in [0.15, 0.2) is 29.4 Å². The van der Waals surface area contributed by atoms with E-state index in [0.29, 0.717) is 34.5 Å². The Hall–Kier alpha value is -2.87. The first kappa shape index (κ1) is 25.7. The molecule has 34 heavy (non-hydrogen) atoms. The maximum Gasteiger partial charge on any atom is 0.192 e. The number of thioether (sulfide) groups is 1. The Labute approximate surface area is 205 Å². The molecule has 0 radical (unpaired) electrons. The van der Waals surface area contributed by atoms with Crippen LogP contribution in [-0.2, 0) is 19.6 Å². The number of H-pyrrole nitrogens is 1. The fourth-order valence-electron chi connectivity index (χ4n) is 3.97. The zero-order valence-corrected chi connectivity index (χ0v) is 21.9. The lowest BCUT2D eigenvalue weighted by molar-refractivity contribution is 0.0988. The van der Waals surface area contributed by atoms with Crippen LogP contribution in [0.25, 0.3) is 0 Å². The van der Waals surface area contributed by atoms with Gasteiger partial charge in [-0.05, 0) is 63.3 Å². The molecule has 0 fully saturated rings. The zero-order chi connectivity index (χ0) is 25.0. The largest absolute Gasteiger partial charge is 0.486 e. The number of ether oxygens (including phenoxy) is 1. The van der Waals surface area contributed by atoms with Crippen molar-refractivity contribution in [3.05, 3.63) is 58.2 Å². The van der Waals surface area contributed by atoms with Crippen molar-refractivity contribution in [3.8, 4) is 5.75 Å². The molecule has 182 valence electrons. The summed E-state index contributed by atoms with van der Waals surface area (Å²) in [6.07, 6.45) is 0.984. The fraction of sp³-hybridized carbons (Fsp3) is 0.462. The molecule has 1 atom stereocenters. The number of Topliss-reactive ketones (excluding diaryl/α,β-unsaturated/α-hetero) is 2. The molecule has 1 unspecified atom stereocenters. The number of rotatable bonds is 11. The van der Waals surface area contributed by atoms with Gasteiger partial charge in [0, 0.05) is 17.8 Å². The van der Waals surface area contributed by atoms with Crippen molar-refractivity contribution in [1.29, 1.82) is 0 Å². The van der Waals surface area contributed by atoms with Gasteiger partial charge in [-0.25, -0.2) is 0 Å². The molecule has 2 heterocycles. The van der Waals surface area contributed by atoms with Gasteiger partial charge in [0.2, 0.25) is 0 Å². The molecule has 0 spiro atoms. The van der Waals surface area contributed by atoms with E-state index in [1.807, 2.05) is 37.5 Å². The van der Waals surface area contributed by atoms with Crippen LogP contribution in [0, 0.1) is 19.8 Å². The molecule has 3 aromatic rings. The summed E-state index contributed by atoms with van der Waals surface area (Å²) in [6.45, 7) is 14.4. The van der Waals surface area contributed by atoms with E-state index < -0.39 is 5.25 Å². The van der Waals surface area contributed by atoms with Crippen molar-refractivity contribution in [2.24, 2.45) is 5.92 Å². The van der Waals surface area contributed by atoms with Gasteiger partial charge < -0.3 is 14.3 Å². The first-order chi connectivity index (χ1) is 16.1. The Morgan fingerprint density at radius 2 is 1.79 bits per heavy atom. The topological polar surface area (TPSA) is 89.9 Å². The molecule has 7 nitrogen and oxygen atoms in total. The van der Waals surface area contributed by atoms with E-state index in [1.165, 1.54) is 24.2 Å². The number of benzene rings is 1. The third-order valence-electron chi connectivity index (χ3n) is 5.73. The molecule has 0 aliphatic heterocycles. The fourth-order valence-corrected chi connectivity index (χ4v) is 4.91. The molecule has 0 saturated heterocycles. The SMILES string of the molecule is CCc1ccc(OCc2nnc(SC(C)C(=O)c3[nH]c(C)c(C(C)=O)c3C)n2CC(C)C)cc1. The maximum absolute atomic E-state index is 13.2. The Morgan fingerprint density at radius 3 is 2.35 bits per heavy atom. The van der Waals surface area contributed by atoms with Crippen LogP contribution >= 0.6 is 11.8 Å². The second-order valence-corrected chi connectivity index (χ2v) is 10.3. The highest BCUT2D eigenvalue weighted by Crippen LogP contribution is 2.28. The lowest BCUT2D eigenvalue weighted by atomic mass is 10.0. The first-order valence-corrected chi connectivity index (χ1v) is 12.5. The molecular formula is C26H34N4O3S. The predicted molar refractivity (Wildman–Crippen MR) is 135 cm³/mol. The highest BCUT2D eigenvalue weighted by molar-refractivity contribution is 8.00. The molecule has 0 aliphatic rings. The highest BCUT2D eigenvalue weighted by atomic mass is 32.2. The second-order valence-electron chi connectivity index (χ2n) is 8.99. The average Bonchev–Trinajstić information content (AvgIpc) is 3.30. The van der Waals surface area contributed by atoms with E-state index in [-0.39, 0.29) is 11.6 Å². The number of nitrogens with one attached hydrogen (secondary N) is 1. The average molecular weight is 483 g/mol. The molecule has 1 N–H and O–H groups in total. The van der Waals surface area contributed by atoms with Crippen LogP contribution < -0.4 is 4.74 Å². The number of ketones is 2. The van der Waals surface area contributed by atoms with Crippen LogP contribution in [0.5, 0.6) is 5.75 Å². The van der Waals surface area contributed by atoms with E-state index in [1.54, 1.807) is 0 Å². The Bertz CT molecular complexity index is 1160. The van der Waals surface area contributed by atoms with Crippen molar-refractivity contribution in [3.63, 3.8) is 0 Å². The van der Waals surface area contributed by atoms with Gasteiger partial charge in [0.1, 0.15) is 12.4 Å². The third kappa shape index (κ3) is 5.78. The monoisotopic (exact) mass is 482 g/mol. The standard InChI is InChI=1S/C26H34N4O3S/c1-8-20-9-11-21(12-10-20)33-14-22-28-29-26(30(22)13-15(2)3)34-19(7)25(32)24-16(4)23(18(6)31)17(5)27-24/h9-12,15,19,27H,8,13-14H2,1-7H3. The van der Waals surface area contributed by atoms with Crippen molar-refractivity contribution in [2.75, 3.05) is 0 Å². The van der Waals surface area contributed by atoms with Gasteiger partial charge >= 0.3 is 0 Å². The van der Waals surface area contributed by atoms with Gasteiger partial charge in [-0.2, -0.15) is 0 Å². The summed E-state index contributed by atoms with van der Waals surface area (Å²) in [7, 11) is 0. The lowest BCUT2D eigenvalue weighted by Crippen LogP contribution is -2.18. The van der Waals surface area contributed by atoms with Crippen molar-refractivity contribution in [1.82, 2.24) is 19.7 Å².